The van der Waals surface area contributed by atoms with E-state index in [1.807, 2.05) is 32.8 Å². The molecular weight excluding hydrogens is 1020 g/mol. The summed E-state index contributed by atoms with van der Waals surface area (Å²) in [4.78, 5) is 74.1. The fourth-order valence-electron chi connectivity index (χ4n) is 11.3. The van der Waals surface area contributed by atoms with Crippen LogP contribution in [0.5, 0.6) is 0 Å². The van der Waals surface area contributed by atoms with Gasteiger partial charge < -0.3 is 73.5 Å². The number of likely N-dealkylation sites (N-methyl/N-ethyl adjacent to an activating group) is 1. The van der Waals surface area contributed by atoms with Crippen LogP contribution in [0, 0.1) is 23.7 Å². The summed E-state index contributed by atoms with van der Waals surface area (Å²) in [7, 11) is 10.1. The maximum atomic E-state index is 14.6. The van der Waals surface area contributed by atoms with Crippen LogP contribution in [0.15, 0.2) is 28.2 Å². The number of aromatic nitrogens is 2. The second-order valence-corrected chi connectivity index (χ2v) is 23.5. The van der Waals surface area contributed by atoms with Gasteiger partial charge in [0.1, 0.15) is 34.8 Å². The third-order valence-corrected chi connectivity index (χ3v) is 17.0. The summed E-state index contributed by atoms with van der Waals surface area (Å²) in [6, 6.07) is 1.29. The number of carbonyl (C=O) groups is 4. The zero-order valence-electron chi connectivity index (χ0n) is 47.8. The predicted octanol–water partition coefficient (Wildman–Crippen LogP) is 3.37. The smallest absolute Gasteiger partial charge is 0.341 e. The number of aromatic carboxylic acids is 1. The molecule has 3 saturated heterocycles. The molecule has 0 aromatic carbocycles. The molecule has 3 fully saturated rings. The number of carboxylic acids is 1. The lowest BCUT2D eigenvalue weighted by molar-refractivity contribution is -0.320. The normalized spacial score (nSPS) is 36.8. The Labute approximate surface area is 457 Å². The third kappa shape index (κ3) is 14.6. The van der Waals surface area contributed by atoms with Crippen LogP contribution < -0.4 is 15.8 Å². The molecule has 18 atom stereocenters. The van der Waals surface area contributed by atoms with E-state index in [9.17, 15) is 44.4 Å². The summed E-state index contributed by atoms with van der Waals surface area (Å²) in [5.74, 6) is -6.17. The molecule has 3 aliphatic rings. The fraction of sp³-hybridized carbons (Fsp3) is 0.778. The summed E-state index contributed by atoms with van der Waals surface area (Å²) in [6.07, 6.45) is -6.82. The van der Waals surface area contributed by atoms with Crippen LogP contribution in [-0.4, -0.2) is 204 Å². The molecule has 5 rings (SSSR count). The first kappa shape index (κ1) is 64.0. The van der Waals surface area contributed by atoms with Crippen LogP contribution in [0.3, 0.4) is 0 Å². The second kappa shape index (κ2) is 26.6. The van der Waals surface area contributed by atoms with Crippen molar-refractivity contribution in [1.29, 1.82) is 0 Å². The first-order chi connectivity index (χ1) is 36.0. The number of pyridine rings is 2. The van der Waals surface area contributed by atoms with E-state index in [0.717, 1.165) is 0 Å². The number of aliphatic hydroxyl groups is 3. The van der Waals surface area contributed by atoms with Crippen molar-refractivity contribution in [3.63, 3.8) is 0 Å². The highest BCUT2D eigenvalue weighted by Crippen LogP contribution is 2.42. The Hall–Kier alpha value is -3.85. The van der Waals surface area contributed by atoms with Gasteiger partial charge in [-0.25, -0.2) is 14.5 Å². The molecule has 0 spiro atoms. The zero-order chi connectivity index (χ0) is 57.6. The minimum atomic E-state index is -2.03. The number of thioether (sulfide) groups is 1. The number of carbonyl (C=O) groups excluding carboxylic acids is 3. The molecule has 0 amide bonds. The van der Waals surface area contributed by atoms with E-state index in [1.54, 1.807) is 72.9 Å². The van der Waals surface area contributed by atoms with Crippen LogP contribution in [0.25, 0.3) is 11.0 Å². The first-order valence-electron chi connectivity index (χ1n) is 26.7. The van der Waals surface area contributed by atoms with Gasteiger partial charge in [-0.05, 0) is 81.0 Å². The van der Waals surface area contributed by atoms with Gasteiger partial charge in [-0.15, -0.1) is 11.8 Å². The number of esters is 2. The van der Waals surface area contributed by atoms with Gasteiger partial charge in [-0.3, -0.25) is 19.2 Å². The molecule has 5 N–H and O–H groups in total. The van der Waals surface area contributed by atoms with E-state index in [4.69, 9.17) is 37.9 Å². The summed E-state index contributed by atoms with van der Waals surface area (Å²) in [5, 5.41) is 49.9. The Bertz CT molecular complexity index is 2410. The van der Waals surface area contributed by atoms with Crippen molar-refractivity contribution in [3.8, 4) is 0 Å². The number of nitrogens with one attached hydrogen (secondary N) is 1. The SMILES string of the molecule is CC[C@H]1OC(=O)[C@H](C)[C@@H](O[C@H]2C[C@@](C)(OC)[C@@H](OC(=O)CCNCCSc3cnc4c(c3)c(=O)c(C(=O)O)cn4N(C)C)[C@H](C)O2)[C@H](C)[C@@H](O[C@@H]2O[C@H](C)C[C@H](N(C)C)[C@H]2O)[C@](C)(OC)C[C@@H](C)C(=O)[C@H](C)[C@@H](O)[C@]1(C)O. The fourth-order valence-corrected chi connectivity index (χ4v) is 12.1. The van der Waals surface area contributed by atoms with Crippen molar-refractivity contribution in [2.45, 2.75) is 190 Å². The minimum Gasteiger partial charge on any atom is -0.477 e. The van der Waals surface area contributed by atoms with E-state index in [-0.39, 0.29) is 61.1 Å². The molecule has 0 bridgehead atoms. The topological polar surface area (TPSA) is 276 Å². The molecule has 22 nitrogen and oxygen atoms in total. The third-order valence-electron chi connectivity index (χ3n) is 16.0. The standard InChI is InChI=1S/C54H87N5O17S/c1-17-38-54(10,68)45(64)30(4)41(61)28(2)24-52(8,69-15)46(76-51-43(63)37(57(11)12)22-29(3)71-51)31(5)44(32(6)50(67)73-38)75-40-25-53(9,70-16)47(33(7)72-40)74-39(60)18-19-55-20-21-77-34-23-35-42(62)36(49(65)66)27-59(58(13)14)48(35)56-26-34/h23,26-33,37-38,40,43-47,51,55,63-64,68H,17-22,24-25H2,1-16H3,(H,65,66)/t28-,29-,30+,31+,32-,33+,37+,38-,40+,43-,44+,45-,46-,47+,51+,52-,53-,54-/m1/s1. The van der Waals surface area contributed by atoms with Crippen molar-refractivity contribution < 1.29 is 77.5 Å². The van der Waals surface area contributed by atoms with E-state index in [0.29, 0.717) is 29.3 Å². The van der Waals surface area contributed by atoms with E-state index in [2.05, 4.69) is 10.3 Å². The molecule has 23 heteroatoms. The van der Waals surface area contributed by atoms with Gasteiger partial charge in [0.05, 0.1) is 53.8 Å². The summed E-state index contributed by atoms with van der Waals surface area (Å²) in [5.41, 5.74) is -5.20. The summed E-state index contributed by atoms with van der Waals surface area (Å²) in [6.45, 7) is 17.7. The Morgan fingerprint density at radius 3 is 2.17 bits per heavy atom. The van der Waals surface area contributed by atoms with E-state index >= 15 is 0 Å². The summed E-state index contributed by atoms with van der Waals surface area (Å²) >= 11 is 1.41. The number of ketones is 1. The average molecular weight is 1110 g/mol. The number of fused-ring (bicyclic) bond motifs is 1. The second-order valence-electron chi connectivity index (χ2n) is 22.4. The first-order valence-corrected chi connectivity index (χ1v) is 27.7. The van der Waals surface area contributed by atoms with Crippen molar-refractivity contribution in [2.24, 2.45) is 23.7 Å². The zero-order valence-corrected chi connectivity index (χ0v) is 48.7. The average Bonchev–Trinajstić information content (AvgIpc) is 3.37. The monoisotopic (exact) mass is 1110 g/mol. The number of Topliss-reactive ketones (excluding diaryl/α,β-unsaturated/α-hetero) is 1. The molecule has 2 aromatic rings. The lowest BCUT2D eigenvalue weighted by Crippen LogP contribution is -2.61. The molecule has 436 valence electrons. The van der Waals surface area contributed by atoms with Gasteiger partial charge in [-0.1, -0.05) is 27.7 Å². The van der Waals surface area contributed by atoms with Crippen LogP contribution in [0.4, 0.5) is 0 Å². The number of cyclic esters (lactones) is 1. The molecule has 2 aromatic heterocycles. The largest absolute Gasteiger partial charge is 0.477 e. The van der Waals surface area contributed by atoms with E-state index < -0.39 is 119 Å². The number of nitrogens with zero attached hydrogens (tertiary/aromatic N) is 4. The molecule has 77 heavy (non-hydrogen) atoms. The molecule has 0 radical (unpaired) electrons. The Morgan fingerprint density at radius 1 is 0.922 bits per heavy atom. The molecule has 0 unspecified atom stereocenters. The highest BCUT2D eigenvalue weighted by molar-refractivity contribution is 7.99. The molecule has 5 heterocycles. The molecule has 0 saturated carbocycles. The maximum Gasteiger partial charge on any atom is 0.341 e. The number of hydrogen-bond donors (Lipinski definition) is 5. The lowest BCUT2D eigenvalue weighted by atomic mass is 9.74. The van der Waals surface area contributed by atoms with Crippen LogP contribution in [0.1, 0.15) is 112 Å². The van der Waals surface area contributed by atoms with Crippen LogP contribution >= 0.6 is 11.8 Å². The maximum absolute atomic E-state index is 14.6. The summed E-state index contributed by atoms with van der Waals surface area (Å²) < 4.78 is 52.8. The number of rotatable bonds is 18. The van der Waals surface area contributed by atoms with Crippen LogP contribution in [-0.2, 0) is 52.3 Å². The quantitative estimate of drug-likeness (QED) is 0.0813. The molecule has 0 aliphatic carbocycles. The Balaban J connectivity index is 1.35. The lowest BCUT2D eigenvalue weighted by Gasteiger charge is -2.50. The van der Waals surface area contributed by atoms with Crippen molar-refractivity contribution >= 4 is 46.5 Å². The molecule has 3 aliphatic heterocycles. The highest BCUT2D eigenvalue weighted by atomic mass is 32.2. The van der Waals surface area contributed by atoms with Crippen molar-refractivity contribution in [3.05, 3.63) is 34.2 Å². The van der Waals surface area contributed by atoms with Crippen molar-refractivity contribution in [2.75, 3.05) is 66.3 Å². The van der Waals surface area contributed by atoms with E-state index in [1.165, 1.54) is 50.7 Å². The Morgan fingerprint density at radius 2 is 1.57 bits per heavy atom. The van der Waals surface area contributed by atoms with Gasteiger partial charge in [0.25, 0.3) is 0 Å². The van der Waals surface area contributed by atoms with Gasteiger partial charge in [-0.2, -0.15) is 0 Å². The number of ether oxygens (including phenoxy) is 8. The molecular formula is C54H87N5O17S. The predicted molar refractivity (Wildman–Crippen MR) is 286 cm³/mol. The number of carboxylic acid groups (broad SMARTS) is 1. The van der Waals surface area contributed by atoms with Gasteiger partial charge in [0.15, 0.2) is 24.3 Å². The minimum absolute atomic E-state index is 0.00528. The number of aliphatic hydroxyl groups excluding tert-OH is 2. The van der Waals surface area contributed by atoms with Crippen molar-refractivity contribution in [1.82, 2.24) is 19.9 Å². The van der Waals surface area contributed by atoms with Gasteiger partial charge >= 0.3 is 17.9 Å². The van der Waals surface area contributed by atoms with Crippen LogP contribution in [0.2, 0.25) is 0 Å². The van der Waals surface area contributed by atoms with Gasteiger partial charge in [0, 0.05) is 94.7 Å². The number of hydrogen-bond acceptors (Lipinski definition) is 21. The highest BCUT2D eigenvalue weighted by Gasteiger charge is 2.55. The Kier molecular flexibility index (Phi) is 22.1. The number of methoxy groups -OCH3 is 2. The van der Waals surface area contributed by atoms with Gasteiger partial charge in [0.2, 0.25) is 5.43 Å².